The normalized spacial score (nSPS) is 11.4. The number of carbonyl (C=O) groups is 1. The molecule has 7 rings (SSSR count). The summed E-state index contributed by atoms with van der Waals surface area (Å²) in [5.41, 5.74) is 6.33. The third kappa shape index (κ3) is 6.85. The largest absolute Gasteiger partial charge is 0.472 e. The highest BCUT2D eigenvalue weighted by molar-refractivity contribution is 7.92. The number of ether oxygens (including phenoxy) is 1. The molecule has 0 saturated carbocycles. The SMILES string of the molecule is CC.CC.CC.CNC(=O)c1c(-c2ccc(C)cc2)oc2cc(N(C)S(C)(=O)=O)c(-c3ccc4c(c3)-c3cc5c(F)cccc5n3CO4)cc12. The van der Waals surface area contributed by atoms with Crippen LogP contribution in [0.25, 0.3) is 55.6 Å². The standard InChI is InChI=1S/C34H28FN3O5S.3C2H6/c1-19-8-10-20(11-9-19)33-32(34(39)36-2)25-15-22(28(17-31(25)43-33)37(3)44(4,40)41)21-12-13-30-24(14-21)29-16-23-26(35)6-5-7-27(23)38(29)18-42-30;3*1-2/h5-17H,18H2,1-4H3,(H,36,39);3*1-2H3. The molecule has 0 radical (unpaired) electrons. The number of aryl methyl sites for hydroxylation is 1. The lowest BCUT2D eigenvalue weighted by Crippen LogP contribution is -2.25. The van der Waals surface area contributed by atoms with Crippen LogP contribution in [0, 0.1) is 12.7 Å². The van der Waals surface area contributed by atoms with Crippen LogP contribution in [0.2, 0.25) is 0 Å². The molecule has 1 N–H and O–H groups in total. The van der Waals surface area contributed by atoms with Crippen molar-refractivity contribution in [1.82, 2.24) is 9.88 Å². The zero-order valence-corrected chi connectivity index (χ0v) is 31.3. The van der Waals surface area contributed by atoms with Crippen LogP contribution in [0.1, 0.15) is 57.5 Å². The van der Waals surface area contributed by atoms with E-state index in [9.17, 15) is 17.6 Å². The van der Waals surface area contributed by atoms with Gasteiger partial charge in [0.15, 0.2) is 6.73 Å². The van der Waals surface area contributed by atoms with E-state index in [-0.39, 0.29) is 18.5 Å². The maximum Gasteiger partial charge on any atom is 0.255 e. The van der Waals surface area contributed by atoms with Gasteiger partial charge in [-0.2, -0.15) is 0 Å². The summed E-state index contributed by atoms with van der Waals surface area (Å²) in [4.78, 5) is 13.3. The first-order chi connectivity index (χ1) is 24.0. The van der Waals surface area contributed by atoms with Gasteiger partial charge in [-0.05, 0) is 48.9 Å². The van der Waals surface area contributed by atoms with E-state index in [1.807, 2.05) is 102 Å². The third-order valence-corrected chi connectivity index (χ3v) is 9.41. The minimum absolute atomic E-state index is 0.231. The molecule has 50 heavy (non-hydrogen) atoms. The maximum atomic E-state index is 14.7. The van der Waals surface area contributed by atoms with Crippen LogP contribution >= 0.6 is 0 Å². The zero-order valence-electron chi connectivity index (χ0n) is 30.4. The molecule has 0 fully saturated rings. The van der Waals surface area contributed by atoms with Crippen molar-refractivity contribution in [2.45, 2.75) is 55.2 Å². The van der Waals surface area contributed by atoms with E-state index in [1.54, 1.807) is 31.3 Å². The summed E-state index contributed by atoms with van der Waals surface area (Å²) in [7, 11) is -0.651. The molecule has 1 amide bonds. The number of benzene rings is 4. The third-order valence-electron chi connectivity index (χ3n) is 8.22. The number of aromatic nitrogens is 1. The topological polar surface area (TPSA) is 93.8 Å². The number of hydrogen-bond donors (Lipinski definition) is 1. The highest BCUT2D eigenvalue weighted by Gasteiger charge is 2.27. The summed E-state index contributed by atoms with van der Waals surface area (Å²) in [6.07, 6.45) is 1.13. The second kappa shape index (κ2) is 15.6. The molecule has 264 valence electrons. The minimum atomic E-state index is -3.68. The summed E-state index contributed by atoms with van der Waals surface area (Å²) in [5.74, 6) is 0.352. The van der Waals surface area contributed by atoms with Crippen molar-refractivity contribution in [3.63, 3.8) is 0 Å². The average Bonchev–Trinajstić information content (AvgIpc) is 3.72. The fraction of sp³-hybridized carbons (Fsp3) is 0.275. The Bertz CT molecular complexity index is 2250. The predicted octanol–water partition coefficient (Wildman–Crippen LogP) is 10.0. The fourth-order valence-corrected chi connectivity index (χ4v) is 6.34. The van der Waals surface area contributed by atoms with E-state index >= 15 is 0 Å². The molecule has 0 aliphatic carbocycles. The van der Waals surface area contributed by atoms with Gasteiger partial charge in [0, 0.05) is 47.6 Å². The first kappa shape index (κ1) is 37.7. The molecule has 8 nitrogen and oxygen atoms in total. The Hall–Kier alpha value is -5.09. The Kier molecular flexibility index (Phi) is 11.8. The van der Waals surface area contributed by atoms with Crippen LogP contribution in [-0.4, -0.2) is 39.2 Å². The Morgan fingerprint density at radius 2 is 1.52 bits per heavy atom. The number of fused-ring (bicyclic) bond motifs is 6. The van der Waals surface area contributed by atoms with Gasteiger partial charge >= 0.3 is 0 Å². The van der Waals surface area contributed by atoms with Crippen molar-refractivity contribution in [3.8, 4) is 39.5 Å². The summed E-state index contributed by atoms with van der Waals surface area (Å²) in [6.45, 7) is 14.2. The first-order valence-corrected chi connectivity index (χ1v) is 18.8. The van der Waals surface area contributed by atoms with Gasteiger partial charge in [-0.15, -0.1) is 0 Å². The molecule has 6 aromatic rings. The number of nitrogens with one attached hydrogen (secondary N) is 1. The quantitative estimate of drug-likeness (QED) is 0.193. The number of hydrogen-bond acceptors (Lipinski definition) is 5. The molecule has 2 aromatic heterocycles. The lowest BCUT2D eigenvalue weighted by Gasteiger charge is -2.24. The number of anilines is 1. The van der Waals surface area contributed by atoms with Crippen LogP contribution in [0.4, 0.5) is 10.1 Å². The van der Waals surface area contributed by atoms with Crippen molar-refractivity contribution >= 4 is 43.5 Å². The number of sulfonamides is 1. The Balaban J connectivity index is 0.000000890. The summed E-state index contributed by atoms with van der Waals surface area (Å²) in [6, 6.07) is 23.4. The number of rotatable bonds is 5. The van der Waals surface area contributed by atoms with E-state index < -0.39 is 10.0 Å². The van der Waals surface area contributed by atoms with Gasteiger partial charge in [-0.25, -0.2) is 12.8 Å². The Morgan fingerprint density at radius 3 is 2.16 bits per heavy atom. The van der Waals surface area contributed by atoms with Gasteiger partial charge < -0.3 is 19.0 Å². The van der Waals surface area contributed by atoms with Crippen molar-refractivity contribution in [2.75, 3.05) is 24.7 Å². The molecule has 0 spiro atoms. The van der Waals surface area contributed by atoms with Gasteiger partial charge in [0.25, 0.3) is 5.91 Å². The number of furan rings is 1. The second-order valence-electron chi connectivity index (χ2n) is 11.0. The number of amides is 1. The lowest BCUT2D eigenvalue weighted by atomic mass is 9.96. The van der Waals surface area contributed by atoms with E-state index in [4.69, 9.17) is 9.15 Å². The first-order valence-electron chi connectivity index (χ1n) is 16.9. The molecular formula is C40H46FN3O5S. The highest BCUT2D eigenvalue weighted by atomic mass is 32.2. The average molecular weight is 700 g/mol. The van der Waals surface area contributed by atoms with Gasteiger partial charge in [-0.1, -0.05) is 83.5 Å². The zero-order chi connectivity index (χ0) is 36.9. The van der Waals surface area contributed by atoms with Crippen molar-refractivity contribution in [1.29, 1.82) is 0 Å². The number of halogens is 1. The van der Waals surface area contributed by atoms with Crippen LogP contribution in [0.5, 0.6) is 5.75 Å². The van der Waals surface area contributed by atoms with Crippen molar-refractivity contribution < 1.29 is 26.8 Å². The maximum absolute atomic E-state index is 14.7. The Labute approximate surface area is 294 Å². The fourth-order valence-electron chi connectivity index (χ4n) is 5.83. The molecule has 4 aromatic carbocycles. The van der Waals surface area contributed by atoms with Crippen LogP contribution in [0.15, 0.2) is 83.3 Å². The molecule has 0 atom stereocenters. The van der Waals surface area contributed by atoms with Crippen molar-refractivity contribution in [3.05, 3.63) is 95.8 Å². The molecule has 0 unspecified atom stereocenters. The molecule has 0 bridgehead atoms. The lowest BCUT2D eigenvalue weighted by molar-refractivity contribution is 0.0964. The highest BCUT2D eigenvalue weighted by Crippen LogP contribution is 2.45. The molecular weight excluding hydrogens is 654 g/mol. The molecule has 10 heteroatoms. The van der Waals surface area contributed by atoms with E-state index in [0.717, 1.165) is 28.6 Å². The molecule has 0 saturated heterocycles. The summed E-state index contributed by atoms with van der Waals surface area (Å²) in [5, 5.41) is 3.74. The minimum Gasteiger partial charge on any atom is -0.472 e. The summed E-state index contributed by atoms with van der Waals surface area (Å²) < 4.78 is 55.8. The van der Waals surface area contributed by atoms with E-state index in [1.165, 1.54) is 17.4 Å². The van der Waals surface area contributed by atoms with E-state index in [2.05, 4.69) is 5.32 Å². The van der Waals surface area contributed by atoms with Crippen LogP contribution in [-0.2, 0) is 16.8 Å². The van der Waals surface area contributed by atoms with Gasteiger partial charge in [-0.3, -0.25) is 9.10 Å². The van der Waals surface area contributed by atoms with E-state index in [0.29, 0.717) is 55.8 Å². The smallest absolute Gasteiger partial charge is 0.255 e. The van der Waals surface area contributed by atoms with Crippen LogP contribution < -0.4 is 14.4 Å². The predicted molar refractivity (Wildman–Crippen MR) is 204 cm³/mol. The second-order valence-corrected chi connectivity index (χ2v) is 13.0. The summed E-state index contributed by atoms with van der Waals surface area (Å²) >= 11 is 0. The Morgan fingerprint density at radius 1 is 0.860 bits per heavy atom. The number of nitrogens with zero attached hydrogens (tertiary/aromatic N) is 2. The van der Waals surface area contributed by atoms with Crippen LogP contribution in [0.3, 0.4) is 0 Å². The van der Waals surface area contributed by atoms with Gasteiger partial charge in [0.1, 0.15) is 22.9 Å². The molecule has 1 aliphatic rings. The monoisotopic (exact) mass is 699 g/mol. The number of carbonyl (C=O) groups excluding carboxylic acids is 1. The van der Waals surface area contributed by atoms with Gasteiger partial charge in [0.2, 0.25) is 10.0 Å². The van der Waals surface area contributed by atoms with Gasteiger partial charge in [0.05, 0.1) is 28.7 Å². The molecule has 1 aliphatic heterocycles. The van der Waals surface area contributed by atoms with Crippen molar-refractivity contribution in [2.24, 2.45) is 0 Å². The molecule has 3 heterocycles.